The Hall–Kier alpha value is -2.44. The Bertz CT molecular complexity index is 715. The molecule has 7 nitrogen and oxygen atoms in total. The van der Waals surface area contributed by atoms with Crippen molar-refractivity contribution in [3.05, 3.63) is 24.5 Å². The van der Waals surface area contributed by atoms with Crippen LogP contribution >= 0.6 is 0 Å². The van der Waals surface area contributed by atoms with E-state index in [9.17, 15) is 14.4 Å². The fourth-order valence-corrected chi connectivity index (χ4v) is 4.73. The Labute approximate surface area is 152 Å². The number of amides is 3. The van der Waals surface area contributed by atoms with Gasteiger partial charge in [0.2, 0.25) is 17.7 Å². The molecule has 3 aliphatic rings. The van der Waals surface area contributed by atoms with Gasteiger partial charge in [0, 0.05) is 44.1 Å². The number of nitrogens with zero attached hydrogens (tertiary/aromatic N) is 2. The fourth-order valence-electron chi connectivity index (χ4n) is 4.73. The van der Waals surface area contributed by atoms with Crippen LogP contribution in [0.25, 0.3) is 0 Å². The summed E-state index contributed by atoms with van der Waals surface area (Å²) < 4.78 is 0. The van der Waals surface area contributed by atoms with Crippen LogP contribution in [0.1, 0.15) is 32.1 Å². The molecule has 2 saturated heterocycles. The summed E-state index contributed by atoms with van der Waals surface area (Å²) in [5.74, 6) is 0.156. The smallest absolute Gasteiger partial charge is 0.228 e. The zero-order valence-corrected chi connectivity index (χ0v) is 14.7. The van der Waals surface area contributed by atoms with Crippen molar-refractivity contribution in [1.29, 1.82) is 0 Å². The molecule has 2 N–H and O–H groups in total. The second kappa shape index (κ2) is 6.70. The molecule has 3 heterocycles. The molecule has 3 amide bonds. The van der Waals surface area contributed by atoms with E-state index in [0.29, 0.717) is 31.0 Å². The van der Waals surface area contributed by atoms with E-state index in [4.69, 9.17) is 0 Å². The molecular weight excluding hydrogens is 332 g/mol. The largest absolute Gasteiger partial charge is 0.355 e. The van der Waals surface area contributed by atoms with Gasteiger partial charge in [-0.1, -0.05) is 6.42 Å². The minimum Gasteiger partial charge on any atom is -0.355 e. The lowest BCUT2D eigenvalue weighted by molar-refractivity contribution is -0.150. The van der Waals surface area contributed by atoms with Gasteiger partial charge in [0.15, 0.2) is 0 Å². The van der Waals surface area contributed by atoms with Crippen LogP contribution in [0, 0.1) is 17.3 Å². The summed E-state index contributed by atoms with van der Waals surface area (Å²) in [7, 11) is 0. The van der Waals surface area contributed by atoms with Crippen molar-refractivity contribution < 1.29 is 14.4 Å². The van der Waals surface area contributed by atoms with Gasteiger partial charge in [-0.05, 0) is 30.9 Å². The number of nitrogens with one attached hydrogen (secondary N) is 2. The molecule has 2 aliphatic heterocycles. The first kappa shape index (κ1) is 17.0. The quantitative estimate of drug-likeness (QED) is 0.847. The highest BCUT2D eigenvalue weighted by molar-refractivity contribution is 5.91. The SMILES string of the molecule is O=C1C[C@H](C(=O)N2CC3(CCC[C@H]3CC(=O)Nc3cccnc3)C2)CN1. The van der Waals surface area contributed by atoms with Gasteiger partial charge in [-0.3, -0.25) is 19.4 Å². The Balaban J connectivity index is 1.32. The number of rotatable bonds is 4. The van der Waals surface area contributed by atoms with Gasteiger partial charge in [0.1, 0.15) is 0 Å². The third-order valence-corrected chi connectivity index (χ3v) is 6.12. The lowest BCUT2D eigenvalue weighted by Gasteiger charge is -2.52. The zero-order valence-electron chi connectivity index (χ0n) is 14.7. The average molecular weight is 356 g/mol. The first-order valence-electron chi connectivity index (χ1n) is 9.31. The van der Waals surface area contributed by atoms with E-state index >= 15 is 0 Å². The van der Waals surface area contributed by atoms with E-state index in [1.54, 1.807) is 18.5 Å². The monoisotopic (exact) mass is 356 g/mol. The second-order valence-electron chi connectivity index (χ2n) is 7.84. The predicted molar refractivity (Wildman–Crippen MR) is 95.0 cm³/mol. The van der Waals surface area contributed by atoms with E-state index in [2.05, 4.69) is 15.6 Å². The molecule has 4 rings (SSSR count). The number of hydrogen-bond donors (Lipinski definition) is 2. The van der Waals surface area contributed by atoms with E-state index < -0.39 is 0 Å². The molecule has 7 heteroatoms. The Kier molecular flexibility index (Phi) is 4.38. The van der Waals surface area contributed by atoms with Gasteiger partial charge >= 0.3 is 0 Å². The highest BCUT2D eigenvalue weighted by Crippen LogP contribution is 2.51. The van der Waals surface area contributed by atoms with Gasteiger partial charge in [-0.25, -0.2) is 0 Å². The van der Waals surface area contributed by atoms with E-state index in [1.807, 2.05) is 11.0 Å². The number of carbonyl (C=O) groups excluding carboxylic acids is 3. The highest BCUT2D eigenvalue weighted by Gasteiger charge is 2.53. The van der Waals surface area contributed by atoms with Crippen molar-refractivity contribution in [3.8, 4) is 0 Å². The van der Waals surface area contributed by atoms with Crippen LogP contribution in [0.15, 0.2) is 24.5 Å². The number of aromatic nitrogens is 1. The maximum atomic E-state index is 12.5. The lowest BCUT2D eigenvalue weighted by atomic mass is 9.69. The number of hydrogen-bond acceptors (Lipinski definition) is 4. The van der Waals surface area contributed by atoms with Crippen LogP contribution in [-0.2, 0) is 14.4 Å². The molecular formula is C19H24N4O3. The van der Waals surface area contributed by atoms with Crippen molar-refractivity contribution in [3.63, 3.8) is 0 Å². The van der Waals surface area contributed by atoms with Crippen molar-refractivity contribution in [1.82, 2.24) is 15.2 Å². The van der Waals surface area contributed by atoms with Crippen LogP contribution in [0.3, 0.4) is 0 Å². The topological polar surface area (TPSA) is 91.4 Å². The summed E-state index contributed by atoms with van der Waals surface area (Å²) >= 11 is 0. The summed E-state index contributed by atoms with van der Waals surface area (Å²) in [5.41, 5.74) is 0.797. The number of likely N-dealkylation sites (tertiary alicyclic amines) is 1. The Morgan fingerprint density at radius 3 is 2.92 bits per heavy atom. The summed E-state index contributed by atoms with van der Waals surface area (Å²) in [6.45, 7) is 1.90. The molecule has 2 atom stereocenters. The Morgan fingerprint density at radius 1 is 1.38 bits per heavy atom. The lowest BCUT2D eigenvalue weighted by Crippen LogP contribution is -2.61. The Morgan fingerprint density at radius 2 is 2.23 bits per heavy atom. The molecule has 0 unspecified atom stereocenters. The van der Waals surface area contributed by atoms with E-state index in [1.165, 1.54) is 0 Å². The normalized spacial score (nSPS) is 26.5. The highest BCUT2D eigenvalue weighted by atomic mass is 16.2. The first-order valence-corrected chi connectivity index (χ1v) is 9.31. The molecule has 0 aromatic carbocycles. The summed E-state index contributed by atoms with van der Waals surface area (Å²) in [6, 6.07) is 3.63. The number of carbonyl (C=O) groups is 3. The summed E-state index contributed by atoms with van der Waals surface area (Å²) in [6.07, 6.45) is 7.32. The third kappa shape index (κ3) is 3.18. The third-order valence-electron chi connectivity index (χ3n) is 6.12. The maximum Gasteiger partial charge on any atom is 0.228 e. The molecule has 0 radical (unpaired) electrons. The molecule has 26 heavy (non-hydrogen) atoms. The molecule has 1 saturated carbocycles. The maximum absolute atomic E-state index is 12.5. The van der Waals surface area contributed by atoms with Crippen LogP contribution in [0.2, 0.25) is 0 Å². The van der Waals surface area contributed by atoms with Crippen molar-refractivity contribution in [2.45, 2.75) is 32.1 Å². The van der Waals surface area contributed by atoms with Crippen molar-refractivity contribution >= 4 is 23.4 Å². The molecule has 1 aromatic heterocycles. The standard InChI is InChI=1S/C19H24N4O3/c24-16-7-13(9-21-16)18(26)23-11-19(12-23)5-1-3-14(19)8-17(25)22-15-4-2-6-20-10-15/h2,4,6,10,13-14H,1,3,5,7-9,11-12H2,(H,21,24)(H,22,25)/t13-,14-/m0/s1. The van der Waals surface area contributed by atoms with Gasteiger partial charge in [-0.2, -0.15) is 0 Å². The first-order chi connectivity index (χ1) is 12.6. The van der Waals surface area contributed by atoms with Crippen molar-refractivity contribution in [2.24, 2.45) is 17.3 Å². The molecule has 1 aromatic rings. The minimum atomic E-state index is -0.214. The molecule has 138 valence electrons. The van der Waals surface area contributed by atoms with Crippen LogP contribution < -0.4 is 10.6 Å². The van der Waals surface area contributed by atoms with Crippen LogP contribution in [0.4, 0.5) is 5.69 Å². The van der Waals surface area contributed by atoms with Gasteiger partial charge in [0.05, 0.1) is 17.8 Å². The number of pyridine rings is 1. The minimum absolute atomic E-state index is 0.0136. The van der Waals surface area contributed by atoms with Gasteiger partial charge < -0.3 is 15.5 Å². The molecule has 1 spiro atoms. The molecule has 3 fully saturated rings. The second-order valence-corrected chi connectivity index (χ2v) is 7.84. The molecule has 0 bridgehead atoms. The fraction of sp³-hybridized carbons (Fsp3) is 0.579. The van der Waals surface area contributed by atoms with E-state index in [0.717, 1.165) is 32.4 Å². The predicted octanol–water partition coefficient (Wildman–Crippen LogP) is 1.18. The average Bonchev–Trinajstić information content (AvgIpc) is 3.20. The van der Waals surface area contributed by atoms with Crippen molar-refractivity contribution in [2.75, 3.05) is 25.0 Å². The molecule has 1 aliphatic carbocycles. The van der Waals surface area contributed by atoms with Crippen LogP contribution in [0.5, 0.6) is 0 Å². The summed E-state index contributed by atoms with van der Waals surface area (Å²) in [5, 5.41) is 5.64. The number of anilines is 1. The summed E-state index contributed by atoms with van der Waals surface area (Å²) in [4.78, 5) is 42.1. The van der Waals surface area contributed by atoms with E-state index in [-0.39, 0.29) is 29.1 Å². The van der Waals surface area contributed by atoms with Crippen LogP contribution in [-0.4, -0.2) is 47.2 Å². The van der Waals surface area contributed by atoms with Gasteiger partial charge in [-0.15, -0.1) is 0 Å². The zero-order chi connectivity index (χ0) is 18.1. The van der Waals surface area contributed by atoms with Gasteiger partial charge in [0.25, 0.3) is 0 Å².